The molecule has 3 heteroatoms. The fourth-order valence-electron chi connectivity index (χ4n) is 0.208. The zero-order valence-corrected chi connectivity index (χ0v) is 4.97. The lowest BCUT2D eigenvalue weighted by Crippen LogP contribution is -2.25. The van der Waals surface area contributed by atoms with Gasteiger partial charge in [0.2, 0.25) is 12.2 Å². The van der Waals surface area contributed by atoms with Crippen molar-refractivity contribution in [1.82, 2.24) is 4.90 Å². The zero-order valence-electron chi connectivity index (χ0n) is 4.97. The van der Waals surface area contributed by atoms with Crippen LogP contribution < -0.4 is 0 Å². The van der Waals surface area contributed by atoms with Crippen molar-refractivity contribution >= 4 is 12.2 Å². The minimum atomic E-state index is -0.117. The third kappa shape index (κ3) is 2.34. The van der Waals surface area contributed by atoms with Gasteiger partial charge < -0.3 is 4.90 Å². The van der Waals surface area contributed by atoms with Crippen LogP contribution in [0.15, 0.2) is 0 Å². The van der Waals surface area contributed by atoms with Gasteiger partial charge in [0, 0.05) is 14.0 Å². The quantitative estimate of drug-likeness (QED) is 0.488. The molecule has 0 heterocycles. The fourth-order valence-corrected chi connectivity index (χ4v) is 0.208. The summed E-state index contributed by atoms with van der Waals surface area (Å²) < 4.78 is 0. The Kier molecular flexibility index (Phi) is 2.84. The maximum absolute atomic E-state index is 10.3. The summed E-state index contributed by atoms with van der Waals surface area (Å²) in [5.74, 6) is -0.117. The van der Waals surface area contributed by atoms with Crippen LogP contribution in [0.2, 0.25) is 0 Å². The molecule has 0 spiro atoms. The van der Waals surface area contributed by atoms with Gasteiger partial charge in [-0.2, -0.15) is 0 Å². The molecule has 0 aromatic carbocycles. The molecule has 0 fully saturated rings. The van der Waals surface area contributed by atoms with E-state index in [9.17, 15) is 9.59 Å². The maximum Gasteiger partial charge on any atom is 0.219 e. The average molecular weight is 114 g/mol. The number of carbonyl (C=O) groups is 1. The summed E-state index contributed by atoms with van der Waals surface area (Å²) in [5, 5.41) is 0. The van der Waals surface area contributed by atoms with Crippen LogP contribution in [0, 0.1) is 0 Å². The van der Waals surface area contributed by atoms with Gasteiger partial charge in [-0.25, -0.2) is 0 Å². The van der Waals surface area contributed by atoms with E-state index in [1.807, 2.05) is 0 Å². The molecule has 0 aliphatic carbocycles. The Morgan fingerprint density at radius 2 is 2.25 bits per heavy atom. The van der Waals surface area contributed by atoms with Crippen molar-refractivity contribution in [2.45, 2.75) is 6.92 Å². The third-order valence-corrected chi connectivity index (χ3v) is 0.839. The van der Waals surface area contributed by atoms with Gasteiger partial charge in [0.1, 0.15) is 0 Å². The van der Waals surface area contributed by atoms with E-state index >= 15 is 0 Å². The Morgan fingerprint density at radius 1 is 1.75 bits per heavy atom. The molecule has 45 valence electrons. The molecule has 1 amide bonds. The summed E-state index contributed by atoms with van der Waals surface area (Å²) in [6.45, 7) is 1.46. The van der Waals surface area contributed by atoms with Crippen molar-refractivity contribution in [3.05, 3.63) is 0 Å². The van der Waals surface area contributed by atoms with Crippen molar-refractivity contribution in [1.29, 1.82) is 0 Å². The molecule has 0 aromatic rings. The summed E-state index contributed by atoms with van der Waals surface area (Å²) in [4.78, 5) is 21.2. The molecule has 0 bridgehead atoms. The SMILES string of the molecule is CC(=O)N(C)C[C]=O. The smallest absolute Gasteiger partial charge is 0.219 e. The lowest BCUT2D eigenvalue weighted by Gasteiger charge is -2.07. The minimum Gasteiger partial charge on any atom is -0.338 e. The zero-order chi connectivity index (χ0) is 6.57. The van der Waals surface area contributed by atoms with Gasteiger partial charge >= 0.3 is 0 Å². The topological polar surface area (TPSA) is 37.4 Å². The summed E-state index contributed by atoms with van der Waals surface area (Å²) in [6.07, 6.45) is 1.60. The molecule has 0 unspecified atom stereocenters. The van der Waals surface area contributed by atoms with Gasteiger partial charge in [-0.3, -0.25) is 9.59 Å². The van der Waals surface area contributed by atoms with Crippen LogP contribution >= 0.6 is 0 Å². The molecule has 0 aliphatic heterocycles. The van der Waals surface area contributed by atoms with Gasteiger partial charge in [0.15, 0.2) is 0 Å². The standard InChI is InChI=1S/C5H8NO2/c1-5(8)6(2)3-4-7/h3H2,1-2H3. The van der Waals surface area contributed by atoms with Gasteiger partial charge in [0.25, 0.3) is 0 Å². The second-order valence-electron chi connectivity index (χ2n) is 1.52. The number of nitrogens with zero attached hydrogens (tertiary/aromatic N) is 1. The molecular formula is C5H8NO2. The van der Waals surface area contributed by atoms with Crippen LogP contribution in [-0.4, -0.2) is 30.7 Å². The fraction of sp³-hybridized carbons (Fsp3) is 0.600. The summed E-state index contributed by atoms with van der Waals surface area (Å²) in [5.41, 5.74) is 0. The minimum absolute atomic E-state index is 0.0648. The first-order valence-electron chi connectivity index (χ1n) is 2.25. The number of rotatable bonds is 2. The van der Waals surface area contributed by atoms with E-state index in [-0.39, 0.29) is 12.5 Å². The van der Waals surface area contributed by atoms with Gasteiger partial charge in [-0.1, -0.05) is 0 Å². The van der Waals surface area contributed by atoms with Crippen molar-refractivity contribution in [3.8, 4) is 0 Å². The molecule has 8 heavy (non-hydrogen) atoms. The first-order valence-corrected chi connectivity index (χ1v) is 2.25. The normalized spacial score (nSPS) is 8.25. The number of hydrogen-bond acceptors (Lipinski definition) is 2. The van der Waals surface area contributed by atoms with E-state index in [0.717, 1.165) is 0 Å². The van der Waals surface area contributed by atoms with E-state index in [1.54, 1.807) is 13.3 Å². The molecule has 0 aromatic heterocycles. The first kappa shape index (κ1) is 7.14. The third-order valence-electron chi connectivity index (χ3n) is 0.839. The number of carbonyl (C=O) groups excluding carboxylic acids is 2. The highest BCUT2D eigenvalue weighted by Crippen LogP contribution is 1.77. The molecular weight excluding hydrogens is 106 g/mol. The lowest BCUT2D eigenvalue weighted by molar-refractivity contribution is -0.126. The van der Waals surface area contributed by atoms with E-state index in [2.05, 4.69) is 0 Å². The highest BCUT2D eigenvalue weighted by atomic mass is 16.2. The molecule has 0 saturated carbocycles. The molecule has 0 atom stereocenters. The van der Waals surface area contributed by atoms with Gasteiger partial charge in [-0.05, 0) is 0 Å². The summed E-state index contributed by atoms with van der Waals surface area (Å²) >= 11 is 0. The predicted octanol–water partition coefficient (Wildman–Crippen LogP) is -0.426. The Labute approximate surface area is 48.3 Å². The molecule has 0 N–H and O–H groups in total. The van der Waals surface area contributed by atoms with E-state index in [4.69, 9.17) is 0 Å². The van der Waals surface area contributed by atoms with E-state index in [0.29, 0.717) is 0 Å². The number of likely N-dealkylation sites (N-methyl/N-ethyl adjacent to an activating group) is 1. The van der Waals surface area contributed by atoms with Crippen LogP contribution in [0.25, 0.3) is 0 Å². The van der Waals surface area contributed by atoms with Crippen molar-refractivity contribution in [3.63, 3.8) is 0 Å². The van der Waals surface area contributed by atoms with E-state index < -0.39 is 0 Å². The Bertz CT molecular complexity index is 101. The van der Waals surface area contributed by atoms with Crippen LogP contribution in [0.5, 0.6) is 0 Å². The molecule has 0 aliphatic rings. The maximum atomic E-state index is 10.3. The van der Waals surface area contributed by atoms with Crippen LogP contribution in [0.4, 0.5) is 0 Å². The second-order valence-corrected chi connectivity index (χ2v) is 1.52. The van der Waals surface area contributed by atoms with Gasteiger partial charge in [-0.15, -0.1) is 0 Å². The molecule has 3 nitrogen and oxygen atoms in total. The largest absolute Gasteiger partial charge is 0.338 e. The number of hydrogen-bond donors (Lipinski definition) is 0. The van der Waals surface area contributed by atoms with Crippen LogP contribution in [0.1, 0.15) is 6.92 Å². The Morgan fingerprint density at radius 3 is 2.38 bits per heavy atom. The average Bonchev–Trinajstić information content (AvgIpc) is 1.67. The molecule has 1 radical (unpaired) electrons. The van der Waals surface area contributed by atoms with Crippen LogP contribution in [-0.2, 0) is 9.59 Å². The van der Waals surface area contributed by atoms with Crippen molar-refractivity contribution < 1.29 is 9.59 Å². The predicted molar refractivity (Wildman–Crippen MR) is 29.0 cm³/mol. The highest BCUT2D eigenvalue weighted by Gasteiger charge is 1.97. The molecule has 0 saturated heterocycles. The summed E-state index contributed by atoms with van der Waals surface area (Å²) in [6, 6.07) is 0. The van der Waals surface area contributed by atoms with Gasteiger partial charge in [0.05, 0.1) is 6.54 Å². The summed E-state index contributed by atoms with van der Waals surface area (Å²) in [7, 11) is 1.55. The lowest BCUT2D eigenvalue weighted by atomic mass is 10.5. The second kappa shape index (κ2) is 3.18. The Balaban J connectivity index is 3.46. The van der Waals surface area contributed by atoms with Crippen molar-refractivity contribution in [2.75, 3.05) is 13.6 Å². The van der Waals surface area contributed by atoms with E-state index in [1.165, 1.54) is 11.8 Å². The Hall–Kier alpha value is -0.860. The van der Waals surface area contributed by atoms with Crippen molar-refractivity contribution in [2.24, 2.45) is 0 Å². The van der Waals surface area contributed by atoms with Crippen LogP contribution in [0.3, 0.4) is 0 Å². The molecule has 0 rings (SSSR count). The highest BCUT2D eigenvalue weighted by molar-refractivity contribution is 5.75. The monoisotopic (exact) mass is 114 g/mol. The first-order chi connectivity index (χ1) is 3.68. The number of amides is 1.